The molecule has 5 rings (SSSR count). The van der Waals surface area contributed by atoms with E-state index in [0.717, 1.165) is 5.56 Å². The topological polar surface area (TPSA) is 114 Å². The van der Waals surface area contributed by atoms with E-state index in [1.807, 2.05) is 18.2 Å². The van der Waals surface area contributed by atoms with Gasteiger partial charge in [0.2, 0.25) is 17.7 Å². The maximum absolute atomic E-state index is 6.08. The number of benzene rings is 2. The van der Waals surface area contributed by atoms with E-state index in [1.54, 1.807) is 75.6 Å². The average molecular weight is 504 g/mol. The van der Waals surface area contributed by atoms with Crippen LogP contribution in [0.15, 0.2) is 65.3 Å². The predicted molar refractivity (Wildman–Crippen MR) is 135 cm³/mol. The van der Waals surface area contributed by atoms with E-state index in [-0.39, 0.29) is 0 Å². The van der Waals surface area contributed by atoms with Crippen molar-refractivity contribution in [3.8, 4) is 46.2 Å². The highest BCUT2D eigenvalue weighted by molar-refractivity contribution is 5.57. The van der Waals surface area contributed by atoms with Gasteiger partial charge in [0.25, 0.3) is 0 Å². The van der Waals surface area contributed by atoms with E-state index in [1.165, 1.54) is 0 Å². The Kier molecular flexibility index (Phi) is 6.66. The molecule has 190 valence electrons. The Hall–Kier alpha value is -4.93. The van der Waals surface area contributed by atoms with Crippen molar-refractivity contribution in [2.24, 2.45) is 0 Å². The fourth-order valence-corrected chi connectivity index (χ4v) is 3.68. The van der Waals surface area contributed by atoms with Crippen LogP contribution in [-0.4, -0.2) is 48.0 Å². The molecule has 11 nitrogen and oxygen atoms in total. The maximum Gasteiger partial charge on any atom is 0.229 e. The highest BCUT2D eigenvalue weighted by atomic mass is 16.5. The third-order valence-electron chi connectivity index (χ3n) is 5.49. The summed E-state index contributed by atoms with van der Waals surface area (Å²) in [5.74, 6) is 4.62. The third kappa shape index (κ3) is 5.06. The number of aromatic nitrogens is 4. The summed E-state index contributed by atoms with van der Waals surface area (Å²) in [6, 6.07) is 16.2. The van der Waals surface area contributed by atoms with Crippen molar-refractivity contribution in [3.63, 3.8) is 0 Å². The van der Waals surface area contributed by atoms with Crippen LogP contribution in [0.2, 0.25) is 0 Å². The van der Waals surface area contributed by atoms with E-state index < -0.39 is 0 Å². The van der Waals surface area contributed by atoms with Crippen molar-refractivity contribution in [1.29, 1.82) is 0 Å². The van der Waals surface area contributed by atoms with Crippen molar-refractivity contribution in [1.82, 2.24) is 19.6 Å². The fraction of sp³-hybridized carbons (Fsp3) is 0.192. The number of methoxy groups -OCH3 is 4. The Bertz CT molecular complexity index is 1490. The first-order valence-corrected chi connectivity index (χ1v) is 11.3. The summed E-state index contributed by atoms with van der Waals surface area (Å²) in [6.07, 6.45) is 1.57. The molecule has 0 unspecified atom stereocenters. The van der Waals surface area contributed by atoms with Crippen molar-refractivity contribution in [2.45, 2.75) is 6.54 Å². The molecule has 1 N–H and O–H groups in total. The summed E-state index contributed by atoms with van der Waals surface area (Å²) < 4.78 is 34.6. The van der Waals surface area contributed by atoms with Gasteiger partial charge in [0.1, 0.15) is 17.2 Å². The molecule has 11 heteroatoms. The minimum Gasteiger partial charge on any atom is -0.496 e. The van der Waals surface area contributed by atoms with Gasteiger partial charge >= 0.3 is 0 Å². The highest BCUT2D eigenvalue weighted by Crippen LogP contribution is 2.32. The van der Waals surface area contributed by atoms with Crippen LogP contribution >= 0.6 is 0 Å². The van der Waals surface area contributed by atoms with Crippen LogP contribution in [0.3, 0.4) is 0 Å². The lowest BCUT2D eigenvalue weighted by atomic mass is 10.2. The molecule has 0 saturated heterocycles. The summed E-state index contributed by atoms with van der Waals surface area (Å²) in [6.45, 7) is 0.425. The lowest BCUT2D eigenvalue weighted by Gasteiger charge is -2.13. The van der Waals surface area contributed by atoms with Gasteiger partial charge in [0, 0.05) is 30.8 Å². The molecule has 5 aromatic rings. The van der Waals surface area contributed by atoms with Gasteiger partial charge in [0.05, 0.1) is 34.7 Å². The van der Waals surface area contributed by atoms with Crippen LogP contribution in [-0.2, 0) is 6.54 Å². The molecule has 0 spiro atoms. The minimum atomic E-state index is 0.302. The van der Waals surface area contributed by atoms with Crippen LogP contribution < -0.4 is 29.0 Å². The molecule has 2 aromatic carbocycles. The molecule has 0 amide bonds. The van der Waals surface area contributed by atoms with E-state index in [9.17, 15) is 0 Å². The molecule has 0 bridgehead atoms. The first-order chi connectivity index (χ1) is 18.1. The van der Waals surface area contributed by atoms with E-state index in [4.69, 9.17) is 28.1 Å². The quantitative estimate of drug-likeness (QED) is 0.284. The van der Waals surface area contributed by atoms with Gasteiger partial charge in [-0.2, -0.15) is 9.50 Å². The van der Waals surface area contributed by atoms with Gasteiger partial charge in [-0.05, 0) is 29.8 Å². The molecular weight excluding hydrogens is 478 g/mol. The number of fused-ring (bicyclic) bond motifs is 1. The Labute approximate surface area is 212 Å². The van der Waals surface area contributed by atoms with Crippen molar-refractivity contribution < 1.29 is 28.1 Å². The average Bonchev–Trinajstić information content (AvgIpc) is 3.61. The summed E-state index contributed by atoms with van der Waals surface area (Å²) in [7, 11) is 6.35. The highest BCUT2D eigenvalue weighted by Gasteiger charge is 2.16. The second-order valence-corrected chi connectivity index (χ2v) is 7.79. The lowest BCUT2D eigenvalue weighted by molar-refractivity contribution is 0.354. The molecule has 0 fully saturated rings. The standard InChI is InChI=1S/C26H25N5O6/c1-32-17-11-18(33-2)13-19(12-17)37-24-14-23-28-25(21-6-5-9-36-21)30-31(23)26(29-24)27-15-16-7-8-20(34-3)22(10-16)35-4/h5-14H,15H2,1-4H3,(H,27,29). The van der Waals surface area contributed by atoms with E-state index in [2.05, 4.69) is 20.4 Å². The van der Waals surface area contributed by atoms with Gasteiger partial charge in [-0.3, -0.25) is 0 Å². The number of furan rings is 1. The largest absolute Gasteiger partial charge is 0.496 e. The first kappa shape index (κ1) is 23.8. The number of ether oxygens (including phenoxy) is 5. The van der Waals surface area contributed by atoms with Gasteiger partial charge in [-0.15, -0.1) is 5.10 Å². The molecule has 0 aliphatic carbocycles. The van der Waals surface area contributed by atoms with E-state index in [0.29, 0.717) is 64.4 Å². The van der Waals surface area contributed by atoms with Crippen LogP contribution in [0, 0.1) is 0 Å². The third-order valence-corrected chi connectivity index (χ3v) is 5.49. The van der Waals surface area contributed by atoms with Gasteiger partial charge in [0.15, 0.2) is 22.9 Å². The number of nitrogens with zero attached hydrogens (tertiary/aromatic N) is 4. The second-order valence-electron chi connectivity index (χ2n) is 7.79. The molecule has 0 aliphatic rings. The van der Waals surface area contributed by atoms with E-state index >= 15 is 0 Å². The molecule has 0 atom stereocenters. The van der Waals surface area contributed by atoms with Gasteiger partial charge < -0.3 is 33.4 Å². The fourth-order valence-electron chi connectivity index (χ4n) is 3.68. The minimum absolute atomic E-state index is 0.302. The van der Waals surface area contributed by atoms with Crippen molar-refractivity contribution >= 4 is 11.6 Å². The maximum atomic E-state index is 6.08. The molecule has 3 aromatic heterocycles. The molecule has 37 heavy (non-hydrogen) atoms. The molecule has 3 heterocycles. The smallest absolute Gasteiger partial charge is 0.229 e. The summed E-state index contributed by atoms with van der Waals surface area (Å²) >= 11 is 0. The Morgan fingerprint density at radius 3 is 2.24 bits per heavy atom. The molecular formula is C26H25N5O6. The zero-order valence-electron chi connectivity index (χ0n) is 20.7. The Balaban J connectivity index is 1.51. The number of hydrogen-bond acceptors (Lipinski definition) is 10. The molecule has 0 saturated carbocycles. The predicted octanol–water partition coefficient (Wildman–Crippen LogP) is 4.82. The van der Waals surface area contributed by atoms with Gasteiger partial charge in [-0.1, -0.05) is 6.07 Å². The Morgan fingerprint density at radius 2 is 1.57 bits per heavy atom. The zero-order chi connectivity index (χ0) is 25.8. The second kappa shape index (κ2) is 10.4. The number of nitrogens with one attached hydrogen (secondary N) is 1. The van der Waals surface area contributed by atoms with Crippen molar-refractivity contribution in [3.05, 3.63) is 66.4 Å². The van der Waals surface area contributed by atoms with Crippen molar-refractivity contribution in [2.75, 3.05) is 33.8 Å². The SMILES string of the molecule is COc1cc(OC)cc(Oc2cc3nc(-c4ccco4)nn3c(NCc3ccc(OC)c(OC)c3)n2)c1. The van der Waals surface area contributed by atoms with Crippen LogP contribution in [0.5, 0.6) is 34.6 Å². The van der Waals surface area contributed by atoms with Crippen LogP contribution in [0.25, 0.3) is 17.2 Å². The Morgan fingerprint density at radius 1 is 0.811 bits per heavy atom. The van der Waals surface area contributed by atoms with Crippen LogP contribution in [0.4, 0.5) is 5.95 Å². The first-order valence-electron chi connectivity index (χ1n) is 11.3. The summed E-state index contributed by atoms with van der Waals surface area (Å²) in [5, 5.41) is 7.89. The van der Waals surface area contributed by atoms with Crippen LogP contribution in [0.1, 0.15) is 5.56 Å². The summed E-state index contributed by atoms with van der Waals surface area (Å²) in [5.41, 5.74) is 1.46. The number of hydrogen-bond donors (Lipinski definition) is 1. The molecule has 0 aliphatic heterocycles. The molecule has 0 radical (unpaired) electrons. The summed E-state index contributed by atoms with van der Waals surface area (Å²) in [4.78, 5) is 9.25. The number of rotatable bonds is 10. The zero-order valence-corrected chi connectivity index (χ0v) is 20.7. The normalized spacial score (nSPS) is 10.8. The monoisotopic (exact) mass is 503 g/mol. The number of anilines is 1. The lowest BCUT2D eigenvalue weighted by Crippen LogP contribution is -2.08. The van der Waals surface area contributed by atoms with Gasteiger partial charge in [-0.25, -0.2) is 4.98 Å².